The molecule has 0 radical (unpaired) electrons. The first kappa shape index (κ1) is 20.6. The van der Waals surface area contributed by atoms with Crippen LogP contribution in [0.2, 0.25) is 0 Å². The van der Waals surface area contributed by atoms with Crippen LogP contribution in [-0.4, -0.2) is 62.6 Å². The van der Waals surface area contributed by atoms with Gasteiger partial charge in [0.15, 0.2) is 6.29 Å². The van der Waals surface area contributed by atoms with Gasteiger partial charge in [-0.1, -0.05) is 0 Å². The summed E-state index contributed by atoms with van der Waals surface area (Å²) >= 11 is 0. The molecule has 0 saturated carbocycles. The molecule has 11 heteroatoms. The average molecular weight is 298 g/mol. The maximum atomic E-state index is 10.1. The number of aliphatic hydroxyl groups is 4. The van der Waals surface area contributed by atoms with Gasteiger partial charge < -0.3 is 39.5 Å². The third-order valence-corrected chi connectivity index (χ3v) is 2.12. The Kier molecular flexibility index (Phi) is 11.1. The van der Waals surface area contributed by atoms with E-state index >= 15 is 0 Å². The van der Waals surface area contributed by atoms with Gasteiger partial charge in [-0.3, -0.25) is 4.57 Å². The molecule has 96 valence electrons. The second-order valence-corrected chi connectivity index (χ2v) is 4.13. The van der Waals surface area contributed by atoms with Gasteiger partial charge in [-0.25, -0.2) is 0 Å². The van der Waals surface area contributed by atoms with Gasteiger partial charge in [0.05, 0.1) is 6.61 Å². The normalized spacial score (nSPS) is 21.5. The number of carbonyl (C=O) groups excluding carboxylic acids is 1. The number of rotatable bonds is 7. The summed E-state index contributed by atoms with van der Waals surface area (Å²) in [4.78, 5) is 28.3. The monoisotopic (exact) mass is 298 g/mol. The van der Waals surface area contributed by atoms with Crippen LogP contribution in [0.4, 0.5) is 0 Å². The Labute approximate surface area is 139 Å². The SMILES string of the molecule is O=CC(O)C(O)C(O)C(O)COP(=O)([O-])O.[K+]. The van der Waals surface area contributed by atoms with E-state index in [0.717, 1.165) is 0 Å². The Morgan fingerprint density at radius 1 is 1.24 bits per heavy atom. The van der Waals surface area contributed by atoms with E-state index in [9.17, 15) is 14.3 Å². The smallest absolute Gasteiger partial charge is 0.756 e. The van der Waals surface area contributed by atoms with E-state index in [-0.39, 0.29) is 57.7 Å². The molecule has 0 aliphatic carbocycles. The summed E-state index contributed by atoms with van der Waals surface area (Å²) in [6.45, 7) is -1.03. The predicted molar refractivity (Wildman–Crippen MR) is 45.9 cm³/mol. The molecule has 0 amide bonds. The minimum absolute atomic E-state index is 0. The fraction of sp³-hybridized carbons (Fsp3) is 0.833. The van der Waals surface area contributed by atoms with Crippen LogP contribution in [-0.2, 0) is 13.9 Å². The zero-order valence-electron chi connectivity index (χ0n) is 8.91. The van der Waals surface area contributed by atoms with Crippen LogP contribution in [0, 0.1) is 0 Å². The quantitative estimate of drug-likeness (QED) is 0.174. The standard InChI is InChI=1S/C6H13O9P.K/c7-1-3(8)5(10)6(11)4(9)2-15-16(12,13)14;/h1,3-6,8-11H,2H2,(H2,12,13,14);/q;+1/p-1. The first-order valence-corrected chi connectivity index (χ1v) is 5.54. The predicted octanol–water partition coefficient (Wildman–Crippen LogP) is -6.89. The summed E-state index contributed by atoms with van der Waals surface area (Å²) in [7, 11) is -5.05. The van der Waals surface area contributed by atoms with E-state index in [2.05, 4.69) is 4.52 Å². The molecule has 5 N–H and O–H groups in total. The van der Waals surface area contributed by atoms with E-state index < -0.39 is 38.8 Å². The molecule has 0 aromatic rings. The van der Waals surface area contributed by atoms with Crippen LogP contribution in [0.15, 0.2) is 0 Å². The van der Waals surface area contributed by atoms with Crippen molar-refractivity contribution in [3.63, 3.8) is 0 Å². The summed E-state index contributed by atoms with van der Waals surface area (Å²) in [6, 6.07) is 0. The number of hydrogen-bond acceptors (Lipinski definition) is 8. The van der Waals surface area contributed by atoms with E-state index in [0.29, 0.717) is 0 Å². The van der Waals surface area contributed by atoms with Gasteiger partial charge in [0.25, 0.3) is 7.82 Å². The summed E-state index contributed by atoms with van der Waals surface area (Å²) in [6.07, 6.45) is -7.92. The summed E-state index contributed by atoms with van der Waals surface area (Å²) < 4.78 is 13.9. The van der Waals surface area contributed by atoms with Crippen molar-refractivity contribution < 1.29 is 95.5 Å². The molecule has 0 spiro atoms. The summed E-state index contributed by atoms with van der Waals surface area (Å²) in [5.41, 5.74) is 0. The van der Waals surface area contributed by atoms with Crippen molar-refractivity contribution in [1.29, 1.82) is 0 Å². The Balaban J connectivity index is 0. The zero-order valence-corrected chi connectivity index (χ0v) is 12.9. The van der Waals surface area contributed by atoms with Gasteiger partial charge >= 0.3 is 51.4 Å². The molecule has 0 fully saturated rings. The van der Waals surface area contributed by atoms with Gasteiger partial charge in [-0.05, 0) is 0 Å². The van der Waals surface area contributed by atoms with Crippen LogP contribution in [0.1, 0.15) is 0 Å². The Hall–Kier alpha value is 1.26. The average Bonchev–Trinajstić information content (AvgIpc) is 2.21. The van der Waals surface area contributed by atoms with Gasteiger partial charge in [-0.2, -0.15) is 0 Å². The molecule has 0 aromatic heterocycles. The molecule has 9 nitrogen and oxygen atoms in total. The number of hydrogen-bond donors (Lipinski definition) is 5. The maximum Gasteiger partial charge on any atom is 1.00 e. The van der Waals surface area contributed by atoms with Gasteiger partial charge in [0.2, 0.25) is 0 Å². The van der Waals surface area contributed by atoms with Crippen LogP contribution >= 0.6 is 7.82 Å². The van der Waals surface area contributed by atoms with Gasteiger partial charge in [0, 0.05) is 0 Å². The van der Waals surface area contributed by atoms with Crippen molar-refractivity contribution in [3.8, 4) is 0 Å². The van der Waals surface area contributed by atoms with E-state index in [1.54, 1.807) is 0 Å². The maximum absolute atomic E-state index is 10.1. The molecule has 5 atom stereocenters. The first-order valence-electron chi connectivity index (χ1n) is 4.05. The van der Waals surface area contributed by atoms with E-state index in [1.807, 2.05) is 0 Å². The van der Waals surface area contributed by atoms with Crippen molar-refractivity contribution in [2.24, 2.45) is 0 Å². The summed E-state index contributed by atoms with van der Waals surface area (Å²) in [5, 5.41) is 36.0. The zero-order chi connectivity index (χ0) is 12.9. The van der Waals surface area contributed by atoms with Crippen LogP contribution in [0.5, 0.6) is 0 Å². The molecule has 0 bridgehead atoms. The Bertz CT molecular complexity index is 268. The van der Waals surface area contributed by atoms with Crippen LogP contribution in [0.3, 0.4) is 0 Å². The molecular formula is C6H12KO9P. The van der Waals surface area contributed by atoms with Crippen molar-refractivity contribution >= 4 is 14.1 Å². The number of aliphatic hydroxyl groups excluding tert-OH is 4. The van der Waals surface area contributed by atoms with Crippen molar-refractivity contribution in [3.05, 3.63) is 0 Å². The largest absolute Gasteiger partial charge is 1.00 e. The van der Waals surface area contributed by atoms with Gasteiger partial charge in [0.1, 0.15) is 24.4 Å². The topological polar surface area (TPSA) is 168 Å². The number of carbonyl (C=O) groups is 1. The fourth-order valence-electron chi connectivity index (χ4n) is 0.779. The first-order chi connectivity index (χ1) is 7.19. The van der Waals surface area contributed by atoms with Crippen molar-refractivity contribution in [2.45, 2.75) is 24.4 Å². The van der Waals surface area contributed by atoms with E-state index in [1.165, 1.54) is 0 Å². The Morgan fingerprint density at radius 3 is 2.06 bits per heavy atom. The molecule has 0 saturated heterocycles. The summed E-state index contributed by atoms with van der Waals surface area (Å²) in [5.74, 6) is 0. The molecule has 5 unspecified atom stereocenters. The minimum Gasteiger partial charge on any atom is -0.756 e. The number of phosphoric acid groups is 1. The fourth-order valence-corrected chi connectivity index (χ4v) is 1.12. The third-order valence-electron chi connectivity index (χ3n) is 1.64. The molecular weight excluding hydrogens is 286 g/mol. The molecule has 0 aliphatic rings. The molecule has 0 aromatic carbocycles. The van der Waals surface area contributed by atoms with Gasteiger partial charge in [-0.15, -0.1) is 0 Å². The van der Waals surface area contributed by atoms with E-state index in [4.69, 9.17) is 25.3 Å². The van der Waals surface area contributed by atoms with Crippen LogP contribution in [0.25, 0.3) is 0 Å². The second-order valence-electron chi connectivity index (χ2n) is 2.94. The number of phosphoric ester groups is 1. The molecule has 0 aliphatic heterocycles. The van der Waals surface area contributed by atoms with Crippen molar-refractivity contribution in [2.75, 3.05) is 6.61 Å². The second kappa shape index (κ2) is 9.21. The Morgan fingerprint density at radius 2 is 1.71 bits per heavy atom. The molecule has 17 heavy (non-hydrogen) atoms. The number of aldehydes is 1. The van der Waals surface area contributed by atoms with Crippen molar-refractivity contribution in [1.82, 2.24) is 0 Å². The molecule has 0 rings (SSSR count). The molecule has 0 heterocycles. The minimum atomic E-state index is -5.05. The van der Waals surface area contributed by atoms with Crippen LogP contribution < -0.4 is 56.3 Å². The third kappa shape index (κ3) is 8.89.